The van der Waals surface area contributed by atoms with Gasteiger partial charge in [-0.3, -0.25) is 4.79 Å². The molecule has 1 aliphatic rings. The highest BCUT2D eigenvalue weighted by Crippen LogP contribution is 2.33. The number of nitrogens with one attached hydrogen (secondary N) is 1. The van der Waals surface area contributed by atoms with Crippen LogP contribution in [0.4, 0.5) is 0 Å². The van der Waals surface area contributed by atoms with E-state index in [1.807, 2.05) is 18.4 Å². The maximum Gasteiger partial charge on any atom is 0.262 e. The van der Waals surface area contributed by atoms with E-state index >= 15 is 0 Å². The first kappa shape index (κ1) is 13.9. The van der Waals surface area contributed by atoms with Crippen LogP contribution >= 0.6 is 22.9 Å². The average molecular weight is 286 g/mol. The van der Waals surface area contributed by atoms with Crippen molar-refractivity contribution >= 4 is 28.8 Å². The average Bonchev–Trinajstić information content (AvgIpc) is 2.79. The second-order valence-electron chi connectivity index (χ2n) is 5.48. The summed E-state index contributed by atoms with van der Waals surface area (Å²) < 4.78 is 0. The van der Waals surface area contributed by atoms with Gasteiger partial charge in [0.25, 0.3) is 5.91 Å². The lowest BCUT2D eigenvalue weighted by molar-refractivity contribution is 0.0876. The van der Waals surface area contributed by atoms with Crippen LogP contribution in [0.3, 0.4) is 0 Å². The van der Waals surface area contributed by atoms with Crippen molar-refractivity contribution in [2.75, 3.05) is 5.88 Å². The Labute approximate surface area is 118 Å². The quantitative estimate of drug-likeness (QED) is 0.837. The molecule has 0 aliphatic heterocycles. The van der Waals surface area contributed by atoms with Crippen molar-refractivity contribution in [1.82, 2.24) is 5.32 Å². The van der Waals surface area contributed by atoms with Crippen molar-refractivity contribution in [1.29, 1.82) is 0 Å². The molecule has 100 valence electrons. The molecule has 1 aromatic rings. The molecule has 1 aliphatic carbocycles. The summed E-state index contributed by atoms with van der Waals surface area (Å²) >= 11 is 7.62. The summed E-state index contributed by atoms with van der Waals surface area (Å²) in [5.74, 6) is 1.30. The number of rotatable bonds is 3. The van der Waals surface area contributed by atoms with Gasteiger partial charge in [0.15, 0.2) is 0 Å². The normalized spacial score (nSPS) is 28.1. The topological polar surface area (TPSA) is 29.1 Å². The standard InChI is InChI=1S/C14H20ClNOS/c1-10-3-6-14(9-15,7-4-10)16-13(17)12-11(2)5-8-18-12/h5,8,10H,3-4,6-7,9H2,1-2H3,(H,16,17). The molecule has 1 saturated carbocycles. The molecule has 0 aromatic carbocycles. The fraction of sp³-hybridized carbons (Fsp3) is 0.643. The maximum absolute atomic E-state index is 12.3. The molecule has 1 aromatic heterocycles. The van der Waals surface area contributed by atoms with Gasteiger partial charge in [-0.25, -0.2) is 0 Å². The first-order valence-corrected chi connectivity index (χ1v) is 7.90. The van der Waals surface area contributed by atoms with E-state index in [9.17, 15) is 4.79 Å². The Balaban J connectivity index is 2.07. The van der Waals surface area contributed by atoms with Crippen LogP contribution in [0.25, 0.3) is 0 Å². The summed E-state index contributed by atoms with van der Waals surface area (Å²) in [7, 11) is 0. The van der Waals surface area contributed by atoms with Crippen LogP contribution in [-0.2, 0) is 0 Å². The van der Waals surface area contributed by atoms with E-state index in [1.165, 1.54) is 11.3 Å². The van der Waals surface area contributed by atoms with Crippen molar-refractivity contribution in [3.8, 4) is 0 Å². The van der Waals surface area contributed by atoms with Gasteiger partial charge in [0.1, 0.15) is 0 Å². The highest BCUT2D eigenvalue weighted by molar-refractivity contribution is 7.12. The van der Waals surface area contributed by atoms with Gasteiger partial charge in [-0.2, -0.15) is 0 Å². The fourth-order valence-corrected chi connectivity index (χ4v) is 3.66. The minimum atomic E-state index is -0.193. The summed E-state index contributed by atoms with van der Waals surface area (Å²) in [6, 6.07) is 1.98. The molecule has 1 fully saturated rings. The second kappa shape index (κ2) is 5.62. The highest BCUT2D eigenvalue weighted by Gasteiger charge is 2.35. The third-order valence-corrected chi connectivity index (χ3v) is 5.46. The predicted molar refractivity (Wildman–Crippen MR) is 77.6 cm³/mol. The fourth-order valence-electron chi connectivity index (χ4n) is 2.51. The summed E-state index contributed by atoms with van der Waals surface area (Å²) in [5, 5.41) is 5.14. The Morgan fingerprint density at radius 1 is 1.56 bits per heavy atom. The summed E-state index contributed by atoms with van der Waals surface area (Å²) in [5.41, 5.74) is 0.855. The molecule has 18 heavy (non-hydrogen) atoms. The molecule has 0 bridgehead atoms. The smallest absolute Gasteiger partial charge is 0.262 e. The first-order valence-electron chi connectivity index (χ1n) is 6.49. The molecule has 0 saturated heterocycles. The molecule has 0 atom stereocenters. The van der Waals surface area contributed by atoms with E-state index in [4.69, 9.17) is 11.6 Å². The second-order valence-corrected chi connectivity index (χ2v) is 6.67. The highest BCUT2D eigenvalue weighted by atomic mass is 35.5. The van der Waals surface area contributed by atoms with Gasteiger partial charge in [-0.1, -0.05) is 6.92 Å². The Bertz CT molecular complexity index is 421. The van der Waals surface area contributed by atoms with Gasteiger partial charge in [0.05, 0.1) is 10.4 Å². The number of carbonyl (C=O) groups is 1. The number of hydrogen-bond acceptors (Lipinski definition) is 2. The lowest BCUT2D eigenvalue weighted by Crippen LogP contribution is -2.52. The monoisotopic (exact) mass is 285 g/mol. The van der Waals surface area contributed by atoms with Crippen LogP contribution in [0, 0.1) is 12.8 Å². The number of amides is 1. The van der Waals surface area contributed by atoms with Gasteiger partial charge < -0.3 is 5.32 Å². The van der Waals surface area contributed by atoms with E-state index in [2.05, 4.69) is 12.2 Å². The van der Waals surface area contributed by atoms with Crippen LogP contribution in [0.1, 0.15) is 47.8 Å². The predicted octanol–water partition coefficient (Wildman–Crippen LogP) is 3.97. The van der Waals surface area contributed by atoms with Crippen molar-refractivity contribution in [3.05, 3.63) is 21.9 Å². The van der Waals surface area contributed by atoms with Crippen molar-refractivity contribution in [2.24, 2.45) is 5.92 Å². The van der Waals surface area contributed by atoms with Crippen LogP contribution < -0.4 is 5.32 Å². The number of aryl methyl sites for hydroxylation is 1. The zero-order valence-corrected chi connectivity index (χ0v) is 12.5. The van der Waals surface area contributed by atoms with Gasteiger partial charge in [-0.05, 0) is 55.5 Å². The van der Waals surface area contributed by atoms with Gasteiger partial charge in [0, 0.05) is 5.88 Å². The van der Waals surface area contributed by atoms with Crippen molar-refractivity contribution in [3.63, 3.8) is 0 Å². The number of alkyl halides is 1. The molecule has 0 spiro atoms. The Kier molecular flexibility index (Phi) is 4.33. The molecule has 0 unspecified atom stereocenters. The molecule has 2 nitrogen and oxygen atoms in total. The van der Waals surface area contributed by atoms with Gasteiger partial charge in [0.2, 0.25) is 0 Å². The Hall–Kier alpha value is -0.540. The first-order chi connectivity index (χ1) is 8.56. The Morgan fingerprint density at radius 3 is 2.72 bits per heavy atom. The molecule has 2 rings (SSSR count). The lowest BCUT2D eigenvalue weighted by Gasteiger charge is -2.38. The largest absolute Gasteiger partial charge is 0.345 e. The lowest BCUT2D eigenvalue weighted by atomic mass is 9.78. The van der Waals surface area contributed by atoms with E-state index < -0.39 is 0 Å². The SMILES string of the molecule is Cc1ccsc1C(=O)NC1(CCl)CCC(C)CC1. The van der Waals surface area contributed by atoms with E-state index in [0.717, 1.165) is 42.0 Å². The molecular formula is C14H20ClNOS. The number of hydrogen-bond donors (Lipinski definition) is 1. The number of carbonyl (C=O) groups excluding carboxylic acids is 1. The zero-order valence-electron chi connectivity index (χ0n) is 11.0. The minimum absolute atomic E-state index is 0.0395. The molecule has 0 radical (unpaired) electrons. The van der Waals surface area contributed by atoms with Crippen molar-refractivity contribution < 1.29 is 4.79 Å². The Morgan fingerprint density at radius 2 is 2.22 bits per heavy atom. The number of halogens is 1. The molecule has 1 N–H and O–H groups in total. The van der Waals surface area contributed by atoms with E-state index in [-0.39, 0.29) is 11.4 Å². The maximum atomic E-state index is 12.3. The molecule has 1 heterocycles. The molecule has 1 amide bonds. The van der Waals surface area contributed by atoms with Crippen LogP contribution in [0.2, 0.25) is 0 Å². The van der Waals surface area contributed by atoms with Crippen LogP contribution in [0.15, 0.2) is 11.4 Å². The summed E-state index contributed by atoms with van der Waals surface area (Å²) in [4.78, 5) is 13.1. The van der Waals surface area contributed by atoms with Crippen LogP contribution in [-0.4, -0.2) is 17.3 Å². The molecular weight excluding hydrogens is 266 g/mol. The zero-order chi connectivity index (χ0) is 13.2. The molecule has 4 heteroatoms. The van der Waals surface area contributed by atoms with E-state index in [0.29, 0.717) is 5.88 Å². The summed E-state index contributed by atoms with van der Waals surface area (Å²) in [6.07, 6.45) is 4.29. The van der Waals surface area contributed by atoms with E-state index in [1.54, 1.807) is 0 Å². The third-order valence-electron chi connectivity index (χ3n) is 3.93. The summed E-state index contributed by atoms with van der Waals surface area (Å²) in [6.45, 7) is 4.24. The van der Waals surface area contributed by atoms with Gasteiger partial charge in [-0.15, -0.1) is 22.9 Å². The third kappa shape index (κ3) is 2.89. The number of thiophene rings is 1. The minimum Gasteiger partial charge on any atom is -0.345 e. The van der Waals surface area contributed by atoms with Gasteiger partial charge >= 0.3 is 0 Å². The van der Waals surface area contributed by atoms with Crippen molar-refractivity contribution in [2.45, 2.75) is 45.1 Å². The van der Waals surface area contributed by atoms with Crippen LogP contribution in [0.5, 0.6) is 0 Å².